The standard InChI is InChI=1S/C20H25N3O3/c1-4-16-19(14(3)24)13(2)22-20(16)17(25)12-26-23-18(21)11-10-15-8-6-5-7-9-15/h5-9,22H,4,10-12H2,1-3H3,(H2,21,23). The summed E-state index contributed by atoms with van der Waals surface area (Å²) in [4.78, 5) is 32.3. The zero-order chi connectivity index (χ0) is 19.1. The first kappa shape index (κ1) is 19.4. The number of aromatic nitrogens is 1. The molecule has 0 atom stereocenters. The molecule has 0 aliphatic carbocycles. The number of aryl methyl sites for hydroxylation is 2. The van der Waals surface area contributed by atoms with Gasteiger partial charge in [-0.15, -0.1) is 0 Å². The number of carbonyl (C=O) groups excluding carboxylic acids is 2. The Morgan fingerprint density at radius 2 is 1.92 bits per heavy atom. The highest BCUT2D eigenvalue weighted by molar-refractivity contribution is 6.03. The topological polar surface area (TPSA) is 97.5 Å². The van der Waals surface area contributed by atoms with Gasteiger partial charge < -0.3 is 15.6 Å². The molecular weight excluding hydrogens is 330 g/mol. The van der Waals surface area contributed by atoms with E-state index in [-0.39, 0.29) is 18.2 Å². The molecule has 0 saturated carbocycles. The summed E-state index contributed by atoms with van der Waals surface area (Å²) >= 11 is 0. The van der Waals surface area contributed by atoms with Crippen LogP contribution in [-0.4, -0.2) is 29.0 Å². The lowest BCUT2D eigenvalue weighted by Gasteiger charge is -2.04. The quantitative estimate of drug-likeness (QED) is 0.312. The Hall–Kier alpha value is -2.89. The number of ketones is 2. The summed E-state index contributed by atoms with van der Waals surface area (Å²) in [6, 6.07) is 9.93. The molecule has 2 aromatic rings. The van der Waals surface area contributed by atoms with Crippen molar-refractivity contribution in [1.29, 1.82) is 0 Å². The molecule has 0 aliphatic rings. The van der Waals surface area contributed by atoms with Crippen molar-refractivity contribution < 1.29 is 14.4 Å². The molecule has 3 N–H and O–H groups in total. The predicted molar refractivity (Wildman–Crippen MR) is 102 cm³/mol. The van der Waals surface area contributed by atoms with Crippen molar-refractivity contribution in [3.63, 3.8) is 0 Å². The van der Waals surface area contributed by atoms with E-state index in [9.17, 15) is 9.59 Å². The third-order valence-electron chi connectivity index (χ3n) is 4.17. The van der Waals surface area contributed by atoms with Crippen LogP contribution < -0.4 is 5.73 Å². The second-order valence-corrected chi connectivity index (χ2v) is 6.15. The van der Waals surface area contributed by atoms with Crippen LogP contribution in [-0.2, 0) is 17.7 Å². The van der Waals surface area contributed by atoms with Gasteiger partial charge in [-0.3, -0.25) is 9.59 Å². The number of benzene rings is 1. The van der Waals surface area contributed by atoms with Crippen LogP contribution in [0, 0.1) is 6.92 Å². The number of H-pyrrole nitrogens is 1. The largest absolute Gasteiger partial charge is 0.386 e. The van der Waals surface area contributed by atoms with Gasteiger partial charge in [-0.2, -0.15) is 0 Å². The minimum Gasteiger partial charge on any atom is -0.386 e. The van der Waals surface area contributed by atoms with Crippen LogP contribution in [0.15, 0.2) is 35.5 Å². The van der Waals surface area contributed by atoms with E-state index in [1.807, 2.05) is 37.3 Å². The molecule has 0 unspecified atom stereocenters. The van der Waals surface area contributed by atoms with Crippen LogP contribution in [0.1, 0.15) is 57.9 Å². The second-order valence-electron chi connectivity index (χ2n) is 6.15. The molecule has 0 radical (unpaired) electrons. The van der Waals surface area contributed by atoms with Crippen molar-refractivity contribution in [3.05, 3.63) is 58.4 Å². The van der Waals surface area contributed by atoms with Gasteiger partial charge in [0.05, 0.1) is 5.69 Å². The predicted octanol–water partition coefficient (Wildman–Crippen LogP) is 3.19. The van der Waals surface area contributed by atoms with Gasteiger partial charge >= 0.3 is 0 Å². The van der Waals surface area contributed by atoms with E-state index >= 15 is 0 Å². The fourth-order valence-electron chi connectivity index (χ4n) is 2.95. The average Bonchev–Trinajstić information content (AvgIpc) is 2.97. The SMILES string of the molecule is CCc1c(C(=O)CO/N=C(\N)CCc2ccccc2)[nH]c(C)c1C(C)=O. The molecule has 1 aromatic heterocycles. The maximum atomic E-state index is 12.4. The maximum Gasteiger partial charge on any atom is 0.219 e. The molecule has 0 saturated heterocycles. The summed E-state index contributed by atoms with van der Waals surface area (Å²) < 4.78 is 0. The number of carbonyl (C=O) groups is 2. The average molecular weight is 355 g/mol. The Balaban J connectivity index is 1.94. The molecule has 1 heterocycles. The Morgan fingerprint density at radius 1 is 1.23 bits per heavy atom. The minimum atomic E-state index is -0.253. The fourth-order valence-corrected chi connectivity index (χ4v) is 2.95. The van der Waals surface area contributed by atoms with Crippen LogP contribution in [0.4, 0.5) is 0 Å². The van der Waals surface area contributed by atoms with E-state index in [2.05, 4.69) is 10.1 Å². The molecule has 2 rings (SSSR count). The van der Waals surface area contributed by atoms with Gasteiger partial charge in [-0.1, -0.05) is 42.4 Å². The Kier molecular flexibility index (Phi) is 6.72. The lowest BCUT2D eigenvalue weighted by Crippen LogP contribution is -2.16. The summed E-state index contributed by atoms with van der Waals surface area (Å²) in [6.45, 7) is 4.97. The zero-order valence-corrected chi connectivity index (χ0v) is 15.5. The lowest BCUT2D eigenvalue weighted by molar-refractivity contribution is 0.0769. The summed E-state index contributed by atoms with van der Waals surface area (Å²) in [6.07, 6.45) is 1.89. The van der Waals surface area contributed by atoms with Crippen molar-refractivity contribution in [1.82, 2.24) is 4.98 Å². The van der Waals surface area contributed by atoms with Crippen molar-refractivity contribution in [2.75, 3.05) is 6.61 Å². The van der Waals surface area contributed by atoms with E-state index < -0.39 is 0 Å². The summed E-state index contributed by atoms with van der Waals surface area (Å²) in [5.41, 5.74) is 9.41. The fraction of sp³-hybridized carbons (Fsp3) is 0.350. The first-order valence-corrected chi connectivity index (χ1v) is 8.67. The number of hydrogen-bond acceptors (Lipinski definition) is 4. The number of rotatable bonds is 9. The highest BCUT2D eigenvalue weighted by atomic mass is 16.6. The first-order valence-electron chi connectivity index (χ1n) is 8.67. The summed E-state index contributed by atoms with van der Waals surface area (Å²) in [7, 11) is 0. The monoisotopic (exact) mass is 355 g/mol. The maximum absolute atomic E-state index is 12.4. The minimum absolute atomic E-state index is 0.0567. The summed E-state index contributed by atoms with van der Waals surface area (Å²) in [5.74, 6) is 0.0280. The normalized spacial score (nSPS) is 11.4. The Bertz CT molecular complexity index is 807. The number of oxime groups is 1. The van der Waals surface area contributed by atoms with E-state index in [1.54, 1.807) is 6.92 Å². The van der Waals surface area contributed by atoms with Crippen LogP contribution in [0.5, 0.6) is 0 Å². The van der Waals surface area contributed by atoms with Crippen LogP contribution in [0.2, 0.25) is 0 Å². The zero-order valence-electron chi connectivity index (χ0n) is 15.5. The van der Waals surface area contributed by atoms with Crippen molar-refractivity contribution in [2.24, 2.45) is 10.9 Å². The molecule has 6 heteroatoms. The first-order chi connectivity index (χ1) is 12.4. The molecular formula is C20H25N3O3. The highest BCUT2D eigenvalue weighted by Crippen LogP contribution is 2.20. The van der Waals surface area contributed by atoms with Crippen molar-refractivity contribution >= 4 is 17.4 Å². The molecule has 138 valence electrons. The van der Waals surface area contributed by atoms with E-state index in [0.717, 1.165) is 17.5 Å². The van der Waals surface area contributed by atoms with Gasteiger partial charge in [-0.05, 0) is 37.8 Å². The van der Waals surface area contributed by atoms with Crippen LogP contribution >= 0.6 is 0 Å². The van der Waals surface area contributed by atoms with Gasteiger partial charge in [0.2, 0.25) is 5.78 Å². The molecule has 0 fully saturated rings. The molecule has 0 amide bonds. The third-order valence-corrected chi connectivity index (χ3v) is 4.17. The lowest BCUT2D eigenvalue weighted by atomic mass is 10.0. The smallest absolute Gasteiger partial charge is 0.219 e. The highest BCUT2D eigenvalue weighted by Gasteiger charge is 2.21. The van der Waals surface area contributed by atoms with Gasteiger partial charge in [0, 0.05) is 17.7 Å². The number of Topliss-reactive ketones (excluding diaryl/α,β-unsaturated/α-hetero) is 2. The van der Waals surface area contributed by atoms with Gasteiger partial charge in [0.1, 0.15) is 5.84 Å². The molecule has 26 heavy (non-hydrogen) atoms. The van der Waals surface area contributed by atoms with E-state index in [1.165, 1.54) is 6.92 Å². The number of nitrogens with two attached hydrogens (primary N) is 1. The van der Waals surface area contributed by atoms with Crippen molar-refractivity contribution in [2.45, 2.75) is 40.0 Å². The number of nitrogens with one attached hydrogen (secondary N) is 1. The number of aromatic amines is 1. The molecule has 0 aliphatic heterocycles. The molecule has 0 spiro atoms. The number of hydrogen-bond donors (Lipinski definition) is 2. The van der Waals surface area contributed by atoms with Crippen LogP contribution in [0.25, 0.3) is 0 Å². The van der Waals surface area contributed by atoms with E-state index in [4.69, 9.17) is 10.6 Å². The third kappa shape index (κ3) is 4.81. The number of amidine groups is 1. The van der Waals surface area contributed by atoms with Gasteiger partial charge in [0.15, 0.2) is 12.4 Å². The van der Waals surface area contributed by atoms with Crippen LogP contribution in [0.3, 0.4) is 0 Å². The van der Waals surface area contributed by atoms with Crippen molar-refractivity contribution in [3.8, 4) is 0 Å². The molecule has 1 aromatic carbocycles. The Labute approximate surface area is 153 Å². The Morgan fingerprint density at radius 3 is 2.54 bits per heavy atom. The van der Waals surface area contributed by atoms with E-state index in [0.29, 0.717) is 35.6 Å². The van der Waals surface area contributed by atoms with Gasteiger partial charge in [0.25, 0.3) is 0 Å². The number of nitrogens with zero attached hydrogens (tertiary/aromatic N) is 1. The molecule has 0 bridgehead atoms. The summed E-state index contributed by atoms with van der Waals surface area (Å²) in [5, 5.41) is 3.82. The van der Waals surface area contributed by atoms with Gasteiger partial charge in [-0.25, -0.2) is 0 Å². The second kappa shape index (κ2) is 8.99. The molecule has 6 nitrogen and oxygen atoms in total.